The molecule has 0 amide bonds. The van der Waals surface area contributed by atoms with E-state index < -0.39 is 29.7 Å². The lowest BCUT2D eigenvalue weighted by Gasteiger charge is -2.24. The molecule has 1 aliphatic rings. The van der Waals surface area contributed by atoms with Crippen molar-refractivity contribution in [2.45, 2.75) is 25.1 Å². The monoisotopic (exact) mass is 404 g/mol. The van der Waals surface area contributed by atoms with Crippen molar-refractivity contribution in [3.05, 3.63) is 82.8 Å². The third-order valence-corrected chi connectivity index (χ3v) is 4.21. The van der Waals surface area contributed by atoms with E-state index in [-0.39, 0.29) is 11.8 Å². The van der Waals surface area contributed by atoms with Crippen molar-refractivity contribution in [1.29, 1.82) is 0 Å². The molecule has 0 saturated carbocycles. The second-order valence-electron chi connectivity index (χ2n) is 6.30. The summed E-state index contributed by atoms with van der Waals surface area (Å²) in [4.78, 5) is 15.2. The molecule has 0 spiro atoms. The molecule has 0 saturated heterocycles. The third kappa shape index (κ3) is 4.34. The lowest BCUT2D eigenvalue weighted by Crippen LogP contribution is -2.40. The van der Waals surface area contributed by atoms with E-state index in [2.05, 4.69) is 4.98 Å². The first-order chi connectivity index (χ1) is 13.9. The van der Waals surface area contributed by atoms with Gasteiger partial charge in [0.15, 0.2) is 6.10 Å². The van der Waals surface area contributed by atoms with Crippen molar-refractivity contribution < 1.29 is 27.4 Å². The number of alkyl halides is 3. The van der Waals surface area contributed by atoms with Gasteiger partial charge in [-0.2, -0.15) is 18.2 Å². The Labute approximate surface area is 163 Å². The van der Waals surface area contributed by atoms with Crippen LogP contribution in [-0.4, -0.2) is 21.9 Å². The van der Waals surface area contributed by atoms with Gasteiger partial charge < -0.3 is 14.2 Å². The zero-order valence-electron chi connectivity index (χ0n) is 14.9. The van der Waals surface area contributed by atoms with Crippen LogP contribution in [0.1, 0.15) is 5.56 Å². The van der Waals surface area contributed by atoms with Gasteiger partial charge in [-0.1, -0.05) is 18.2 Å². The summed E-state index contributed by atoms with van der Waals surface area (Å²) in [7, 11) is 0. The van der Waals surface area contributed by atoms with Gasteiger partial charge in [0.05, 0.1) is 12.1 Å². The summed E-state index contributed by atoms with van der Waals surface area (Å²) >= 11 is 0. The average Bonchev–Trinajstić information content (AvgIpc) is 3.11. The van der Waals surface area contributed by atoms with Crippen LogP contribution >= 0.6 is 0 Å². The number of ether oxygens (including phenoxy) is 3. The molecule has 3 aromatic rings. The Balaban J connectivity index is 1.57. The minimum atomic E-state index is -4.44. The molecule has 0 fully saturated rings. The number of nitrogens with zero attached hydrogens (tertiary/aromatic N) is 2. The number of benzene rings is 2. The van der Waals surface area contributed by atoms with Crippen LogP contribution in [0.2, 0.25) is 0 Å². The second-order valence-corrected chi connectivity index (χ2v) is 6.30. The summed E-state index contributed by atoms with van der Waals surface area (Å²) in [6.45, 7) is 0.292. The highest BCUT2D eigenvalue weighted by Gasteiger charge is 2.35. The minimum Gasteiger partial charge on any atom is -0.451 e. The van der Waals surface area contributed by atoms with Gasteiger partial charge in [0.25, 0.3) is 17.9 Å². The predicted molar refractivity (Wildman–Crippen MR) is 95.8 cm³/mol. The van der Waals surface area contributed by atoms with Crippen LogP contribution in [0.4, 0.5) is 13.2 Å². The van der Waals surface area contributed by atoms with Crippen LogP contribution in [0.15, 0.2) is 71.7 Å². The van der Waals surface area contributed by atoms with Crippen LogP contribution in [0.5, 0.6) is 17.5 Å². The molecule has 29 heavy (non-hydrogen) atoms. The van der Waals surface area contributed by atoms with Gasteiger partial charge >= 0.3 is 6.18 Å². The van der Waals surface area contributed by atoms with Crippen molar-refractivity contribution in [3.8, 4) is 17.5 Å². The van der Waals surface area contributed by atoms with Gasteiger partial charge in [0.1, 0.15) is 11.5 Å². The Morgan fingerprint density at radius 3 is 2.31 bits per heavy atom. The van der Waals surface area contributed by atoms with Gasteiger partial charge in [-0.3, -0.25) is 9.36 Å². The Kier molecular flexibility index (Phi) is 4.87. The molecule has 2 heterocycles. The topological polar surface area (TPSA) is 62.6 Å². The number of halogens is 3. The lowest BCUT2D eigenvalue weighted by molar-refractivity contribution is -0.137. The van der Waals surface area contributed by atoms with E-state index in [1.165, 1.54) is 18.2 Å². The number of para-hydroxylation sites is 1. The molecule has 1 aromatic heterocycles. The normalized spacial score (nSPS) is 16.6. The first-order valence-electron chi connectivity index (χ1n) is 8.68. The molecule has 0 N–H and O–H groups in total. The summed E-state index contributed by atoms with van der Waals surface area (Å²) in [5, 5.41) is 0. The summed E-state index contributed by atoms with van der Waals surface area (Å²) in [5.74, 6) is 0.674. The van der Waals surface area contributed by atoms with E-state index in [9.17, 15) is 18.0 Å². The highest BCUT2D eigenvalue weighted by molar-refractivity contribution is 5.29. The molecule has 6 nitrogen and oxygen atoms in total. The number of rotatable bonds is 5. The summed E-state index contributed by atoms with van der Waals surface area (Å²) in [6, 6.07) is 14.5. The van der Waals surface area contributed by atoms with Crippen LogP contribution < -0.4 is 19.8 Å². The van der Waals surface area contributed by atoms with E-state index in [1.54, 1.807) is 35.0 Å². The van der Waals surface area contributed by atoms with Gasteiger partial charge in [-0.05, 0) is 36.4 Å². The van der Waals surface area contributed by atoms with E-state index in [0.29, 0.717) is 12.3 Å². The molecule has 0 aliphatic carbocycles. The van der Waals surface area contributed by atoms with Gasteiger partial charge in [-0.15, -0.1) is 0 Å². The smallest absolute Gasteiger partial charge is 0.416 e. The van der Waals surface area contributed by atoms with E-state index in [4.69, 9.17) is 14.2 Å². The summed E-state index contributed by atoms with van der Waals surface area (Å²) in [5.41, 5.74) is -1.22. The summed E-state index contributed by atoms with van der Waals surface area (Å²) < 4.78 is 57.3. The number of aromatic nitrogens is 2. The molecule has 150 valence electrons. The van der Waals surface area contributed by atoms with Crippen molar-refractivity contribution in [3.63, 3.8) is 0 Å². The molecule has 0 bridgehead atoms. The molecule has 4 rings (SSSR count). The first kappa shape index (κ1) is 18.9. The Bertz CT molecular complexity index is 1040. The Morgan fingerprint density at radius 2 is 1.66 bits per heavy atom. The third-order valence-electron chi connectivity index (χ3n) is 4.21. The lowest BCUT2D eigenvalue weighted by atomic mass is 10.2. The van der Waals surface area contributed by atoms with Gasteiger partial charge in [0.2, 0.25) is 0 Å². The second kappa shape index (κ2) is 7.50. The molecule has 1 unspecified atom stereocenters. The highest BCUT2D eigenvalue weighted by atomic mass is 19.4. The number of hydrogen-bond acceptors (Lipinski definition) is 5. The predicted octanol–water partition coefficient (Wildman–Crippen LogP) is 3.51. The Hall–Kier alpha value is -3.49. The van der Waals surface area contributed by atoms with Crippen LogP contribution in [0.25, 0.3) is 0 Å². The van der Waals surface area contributed by atoms with Gasteiger partial charge in [0, 0.05) is 12.3 Å². The zero-order valence-corrected chi connectivity index (χ0v) is 14.9. The molecular formula is C20H15F3N2O4. The molecule has 0 radical (unpaired) electrons. The van der Waals surface area contributed by atoms with Gasteiger partial charge in [-0.25, -0.2) is 0 Å². The highest BCUT2D eigenvalue weighted by Crippen LogP contribution is 2.31. The molecule has 2 aromatic carbocycles. The van der Waals surface area contributed by atoms with E-state index in [1.807, 2.05) is 6.07 Å². The largest absolute Gasteiger partial charge is 0.451 e. The van der Waals surface area contributed by atoms with Crippen LogP contribution in [-0.2, 0) is 12.7 Å². The Morgan fingerprint density at radius 1 is 1.00 bits per heavy atom. The van der Waals surface area contributed by atoms with Crippen LogP contribution in [0.3, 0.4) is 0 Å². The standard InChI is InChI=1S/C20H15F3N2O4/c21-20(22,23)13-6-8-15(9-7-13)28-18(27-14-4-2-1-3-5-14)16-12-25-11-10-17(26)24-19(25)29-16/h1-11,16,18H,12H2/t16-,18?/m0/s1. The number of hydrogen-bond donors (Lipinski definition) is 0. The molecule has 2 atom stereocenters. The molecule has 1 aliphatic heterocycles. The zero-order chi connectivity index (χ0) is 20.4. The fourth-order valence-corrected chi connectivity index (χ4v) is 2.82. The summed E-state index contributed by atoms with van der Waals surface area (Å²) in [6.07, 6.45) is -4.56. The molecular weight excluding hydrogens is 389 g/mol. The van der Waals surface area contributed by atoms with Crippen molar-refractivity contribution >= 4 is 0 Å². The van der Waals surface area contributed by atoms with E-state index >= 15 is 0 Å². The first-order valence-corrected chi connectivity index (χ1v) is 8.68. The van der Waals surface area contributed by atoms with E-state index in [0.717, 1.165) is 12.1 Å². The maximum absolute atomic E-state index is 12.8. The van der Waals surface area contributed by atoms with Crippen molar-refractivity contribution in [1.82, 2.24) is 9.55 Å². The maximum atomic E-state index is 12.8. The fraction of sp³-hybridized carbons (Fsp3) is 0.200. The minimum absolute atomic E-state index is 0.125. The quantitative estimate of drug-likeness (QED) is 0.609. The van der Waals surface area contributed by atoms with Crippen LogP contribution in [0, 0.1) is 0 Å². The average molecular weight is 404 g/mol. The van der Waals surface area contributed by atoms with Crippen molar-refractivity contribution in [2.75, 3.05) is 0 Å². The number of fused-ring (bicyclic) bond motifs is 1. The SMILES string of the molecule is O=c1ccn2c(n1)O[C@H](C(Oc1ccccc1)Oc1ccc(C(F)(F)F)cc1)C2. The molecule has 9 heteroatoms. The fourth-order valence-electron chi connectivity index (χ4n) is 2.82. The maximum Gasteiger partial charge on any atom is 0.416 e. The van der Waals surface area contributed by atoms with Crippen molar-refractivity contribution in [2.24, 2.45) is 0 Å².